The van der Waals surface area contributed by atoms with Crippen LogP contribution in [0.5, 0.6) is 0 Å². The van der Waals surface area contributed by atoms with Gasteiger partial charge >= 0.3 is 0 Å². The van der Waals surface area contributed by atoms with Crippen molar-refractivity contribution < 1.29 is 18.0 Å². The summed E-state index contributed by atoms with van der Waals surface area (Å²) in [5.41, 5.74) is 2.19. The molecule has 1 unspecified atom stereocenters. The molecule has 3 rings (SSSR count). The van der Waals surface area contributed by atoms with E-state index in [0.717, 1.165) is 22.7 Å². The summed E-state index contributed by atoms with van der Waals surface area (Å²) in [7, 11) is -4.22. The first-order valence-corrected chi connectivity index (χ1v) is 15.8. The van der Waals surface area contributed by atoms with Crippen molar-refractivity contribution in [2.24, 2.45) is 0 Å². The second-order valence-corrected chi connectivity index (χ2v) is 12.9. The molecule has 1 N–H and O–H groups in total. The molecule has 0 saturated heterocycles. The Morgan fingerprint density at radius 3 is 2.20 bits per heavy atom. The third-order valence-electron chi connectivity index (χ3n) is 6.71. The highest BCUT2D eigenvalue weighted by atomic mass is 35.5. The van der Waals surface area contributed by atoms with Gasteiger partial charge in [0.1, 0.15) is 12.6 Å². The molecule has 0 saturated carbocycles. The molecule has 1 atom stereocenters. The molecule has 7 nitrogen and oxygen atoms in total. The molecule has 0 radical (unpaired) electrons. The number of anilines is 1. The smallest absolute Gasteiger partial charge is 0.264 e. The monoisotopic (exact) mass is 637 g/mol. The number of nitrogens with zero attached hydrogens (tertiary/aromatic N) is 2. The Bertz CT molecular complexity index is 1480. The predicted molar refractivity (Wildman–Crippen MR) is 166 cm³/mol. The van der Waals surface area contributed by atoms with Crippen LogP contribution in [-0.2, 0) is 26.2 Å². The van der Waals surface area contributed by atoms with E-state index in [9.17, 15) is 18.0 Å². The van der Waals surface area contributed by atoms with Crippen LogP contribution in [-0.4, -0.2) is 44.3 Å². The van der Waals surface area contributed by atoms with Crippen molar-refractivity contribution in [3.63, 3.8) is 0 Å². The van der Waals surface area contributed by atoms with Crippen LogP contribution in [0.3, 0.4) is 0 Å². The molecule has 2 amide bonds. The van der Waals surface area contributed by atoms with Gasteiger partial charge in [0.25, 0.3) is 10.0 Å². The van der Waals surface area contributed by atoms with E-state index in [1.807, 2.05) is 13.8 Å². The summed E-state index contributed by atoms with van der Waals surface area (Å²) >= 11 is 19.1. The normalized spacial score (nSPS) is 12.1. The third kappa shape index (κ3) is 8.16. The van der Waals surface area contributed by atoms with Crippen LogP contribution in [0, 0.1) is 13.8 Å². The minimum absolute atomic E-state index is 0.0151. The van der Waals surface area contributed by atoms with Crippen molar-refractivity contribution in [2.45, 2.75) is 58.0 Å². The number of halogens is 3. The summed E-state index contributed by atoms with van der Waals surface area (Å²) in [6.07, 6.45) is 1.66. The van der Waals surface area contributed by atoms with Gasteiger partial charge in [0, 0.05) is 33.7 Å². The summed E-state index contributed by atoms with van der Waals surface area (Å²) in [6, 6.07) is 15.2. The summed E-state index contributed by atoms with van der Waals surface area (Å²) in [6.45, 7) is 6.93. The maximum atomic E-state index is 14.1. The summed E-state index contributed by atoms with van der Waals surface area (Å²) in [5.74, 6) is -0.990. The quantitative estimate of drug-likeness (QED) is 0.221. The number of carbonyl (C=O) groups is 2. The Morgan fingerprint density at radius 2 is 1.59 bits per heavy atom. The van der Waals surface area contributed by atoms with E-state index in [2.05, 4.69) is 5.32 Å². The zero-order chi connectivity index (χ0) is 30.3. The van der Waals surface area contributed by atoms with Gasteiger partial charge in [0.05, 0.1) is 10.6 Å². The Labute approximate surface area is 257 Å². The van der Waals surface area contributed by atoms with Crippen molar-refractivity contribution in [1.29, 1.82) is 0 Å². The Kier molecular flexibility index (Phi) is 11.5. The van der Waals surface area contributed by atoms with Crippen molar-refractivity contribution in [2.75, 3.05) is 17.4 Å². The number of hydrogen-bond acceptors (Lipinski definition) is 4. The van der Waals surface area contributed by atoms with Crippen molar-refractivity contribution in [1.82, 2.24) is 10.2 Å². The second kappa shape index (κ2) is 14.4. The van der Waals surface area contributed by atoms with E-state index in [-0.39, 0.29) is 23.0 Å². The number of rotatable bonds is 12. The molecule has 0 aliphatic rings. The highest BCUT2D eigenvalue weighted by molar-refractivity contribution is 7.92. The molecule has 0 fully saturated rings. The fourth-order valence-corrected chi connectivity index (χ4v) is 6.33. The average molecular weight is 639 g/mol. The highest BCUT2D eigenvalue weighted by Crippen LogP contribution is 2.31. The maximum Gasteiger partial charge on any atom is 0.264 e. The van der Waals surface area contributed by atoms with Gasteiger partial charge in [-0.2, -0.15) is 0 Å². The molecule has 41 heavy (non-hydrogen) atoms. The summed E-state index contributed by atoms with van der Waals surface area (Å²) < 4.78 is 29.0. The van der Waals surface area contributed by atoms with Crippen LogP contribution in [0.15, 0.2) is 65.6 Å². The number of unbranched alkanes of at least 4 members (excludes halogenated alkanes) is 1. The highest BCUT2D eigenvalue weighted by Gasteiger charge is 2.33. The van der Waals surface area contributed by atoms with Gasteiger partial charge in [-0.25, -0.2) is 8.42 Å². The minimum Gasteiger partial charge on any atom is -0.354 e. The number of carbonyl (C=O) groups excluding carboxylic acids is 2. The topological polar surface area (TPSA) is 86.8 Å². The molecule has 0 heterocycles. The maximum absolute atomic E-state index is 14.1. The molecule has 3 aromatic rings. The first-order chi connectivity index (χ1) is 19.4. The van der Waals surface area contributed by atoms with E-state index in [0.29, 0.717) is 32.7 Å². The van der Waals surface area contributed by atoms with E-state index < -0.39 is 28.5 Å². The van der Waals surface area contributed by atoms with Crippen molar-refractivity contribution in [3.8, 4) is 0 Å². The molecule has 220 valence electrons. The SMILES string of the molecule is CCCCNC(=O)C(C)N(Cc1c(Cl)cccc1Cl)C(=O)CN(c1cc(Cl)ccc1C)S(=O)(=O)c1ccc(C)cc1. The third-order valence-corrected chi connectivity index (χ3v) is 9.43. The lowest BCUT2D eigenvalue weighted by atomic mass is 10.1. The van der Waals surface area contributed by atoms with Gasteiger partial charge in [0.15, 0.2) is 0 Å². The molecule has 0 aliphatic heterocycles. The van der Waals surface area contributed by atoms with Gasteiger partial charge in [-0.15, -0.1) is 0 Å². The fraction of sp³-hybridized carbons (Fsp3) is 0.333. The van der Waals surface area contributed by atoms with E-state index in [1.165, 1.54) is 23.1 Å². The van der Waals surface area contributed by atoms with E-state index in [1.54, 1.807) is 56.3 Å². The van der Waals surface area contributed by atoms with Crippen LogP contribution in [0.25, 0.3) is 0 Å². The zero-order valence-electron chi connectivity index (χ0n) is 23.5. The first kappa shape index (κ1) is 32.7. The molecule has 0 aliphatic carbocycles. The van der Waals surface area contributed by atoms with Crippen molar-refractivity contribution >= 4 is 62.3 Å². The lowest BCUT2D eigenvalue weighted by molar-refractivity contribution is -0.139. The molecular formula is C30H34Cl3N3O4S. The van der Waals surface area contributed by atoms with E-state index >= 15 is 0 Å². The molecule has 3 aromatic carbocycles. The van der Waals surface area contributed by atoms with Crippen LogP contribution < -0.4 is 9.62 Å². The molecule has 11 heteroatoms. The van der Waals surface area contributed by atoms with E-state index in [4.69, 9.17) is 34.8 Å². The summed E-state index contributed by atoms with van der Waals surface area (Å²) in [4.78, 5) is 28.5. The number of hydrogen-bond donors (Lipinski definition) is 1. The van der Waals surface area contributed by atoms with Gasteiger partial charge < -0.3 is 10.2 Å². The van der Waals surface area contributed by atoms with Crippen LogP contribution in [0.1, 0.15) is 43.4 Å². The Morgan fingerprint density at radius 1 is 0.951 bits per heavy atom. The number of aryl methyl sites for hydroxylation is 2. The molecule has 0 bridgehead atoms. The number of amides is 2. The molecular weight excluding hydrogens is 605 g/mol. The first-order valence-electron chi connectivity index (χ1n) is 13.2. The standard InChI is InChI=1S/C30H34Cl3N3O4S/c1-5-6-16-34-30(38)22(4)35(18-25-26(32)8-7-9-27(25)33)29(37)19-36(28-17-23(31)13-12-21(28)3)41(39,40)24-14-10-20(2)11-15-24/h7-15,17,22H,5-6,16,18-19H2,1-4H3,(H,34,38). The Balaban J connectivity index is 2.08. The van der Waals surface area contributed by atoms with Gasteiger partial charge in [0.2, 0.25) is 11.8 Å². The lowest BCUT2D eigenvalue weighted by Gasteiger charge is -2.33. The second-order valence-electron chi connectivity index (χ2n) is 9.80. The van der Waals surface area contributed by atoms with Gasteiger partial charge in [-0.1, -0.05) is 78.0 Å². The minimum atomic E-state index is -4.22. The van der Waals surface area contributed by atoms with Crippen molar-refractivity contribution in [3.05, 3.63) is 92.4 Å². The van der Waals surface area contributed by atoms with Crippen LogP contribution in [0.2, 0.25) is 15.1 Å². The van der Waals surface area contributed by atoms with Crippen LogP contribution >= 0.6 is 34.8 Å². The van der Waals surface area contributed by atoms with Crippen LogP contribution in [0.4, 0.5) is 5.69 Å². The molecule has 0 aromatic heterocycles. The Hall–Kier alpha value is -2.78. The fourth-order valence-electron chi connectivity index (χ4n) is 4.17. The molecule has 0 spiro atoms. The summed E-state index contributed by atoms with van der Waals surface area (Å²) in [5, 5.41) is 3.80. The number of nitrogens with one attached hydrogen (secondary N) is 1. The number of benzene rings is 3. The number of sulfonamides is 1. The zero-order valence-corrected chi connectivity index (χ0v) is 26.5. The van der Waals surface area contributed by atoms with Gasteiger partial charge in [-0.3, -0.25) is 13.9 Å². The van der Waals surface area contributed by atoms with Gasteiger partial charge in [-0.05, 0) is 69.2 Å². The average Bonchev–Trinajstić information content (AvgIpc) is 2.93. The predicted octanol–water partition coefficient (Wildman–Crippen LogP) is 6.79. The lowest BCUT2D eigenvalue weighted by Crippen LogP contribution is -2.51. The largest absolute Gasteiger partial charge is 0.354 e.